The molecular weight excluding hydrogens is 228 g/mol. The topological polar surface area (TPSA) is 46.5 Å². The molecule has 0 spiro atoms. The van der Waals surface area contributed by atoms with Crippen molar-refractivity contribution >= 4 is 5.97 Å². The maximum atomic E-state index is 11.1. The van der Waals surface area contributed by atoms with Crippen molar-refractivity contribution in [3.8, 4) is 0 Å². The molecule has 0 aromatic heterocycles. The number of rotatable bonds is 1. The summed E-state index contributed by atoms with van der Waals surface area (Å²) in [6, 6.07) is 0. The molecule has 0 heterocycles. The van der Waals surface area contributed by atoms with Crippen LogP contribution in [0.1, 0.15) is 46.5 Å². The summed E-state index contributed by atoms with van der Waals surface area (Å²) >= 11 is 0. The summed E-state index contributed by atoms with van der Waals surface area (Å²) in [6.45, 7) is 10.1. The second-order valence-electron chi connectivity index (χ2n) is 6.74. The predicted molar refractivity (Wildman–Crippen MR) is 69.9 cm³/mol. The largest absolute Gasteiger partial charge is 0.462 e. The number of aliphatic hydroxyl groups is 1. The minimum Gasteiger partial charge on any atom is -0.462 e. The molecule has 4 atom stereocenters. The van der Waals surface area contributed by atoms with E-state index in [-0.39, 0.29) is 29.5 Å². The Hall–Kier alpha value is -0.830. The Labute approximate surface area is 109 Å². The van der Waals surface area contributed by atoms with Crippen LogP contribution in [-0.4, -0.2) is 23.3 Å². The van der Waals surface area contributed by atoms with Gasteiger partial charge in [0.25, 0.3) is 0 Å². The molecule has 0 aliphatic heterocycles. The molecule has 0 bridgehead atoms. The Kier molecular flexibility index (Phi) is 3.54. The summed E-state index contributed by atoms with van der Waals surface area (Å²) in [5, 5.41) is 10.4. The number of hydrogen-bond donors (Lipinski definition) is 1. The minimum atomic E-state index is -0.375. The van der Waals surface area contributed by atoms with Crippen LogP contribution in [0.25, 0.3) is 0 Å². The number of ether oxygens (including phenoxy) is 1. The first-order valence-electron chi connectivity index (χ1n) is 6.81. The normalized spacial score (nSPS) is 39.0. The molecule has 2 aliphatic carbocycles. The van der Waals surface area contributed by atoms with Gasteiger partial charge in [0, 0.05) is 19.8 Å². The van der Waals surface area contributed by atoms with Crippen molar-refractivity contribution < 1.29 is 14.6 Å². The van der Waals surface area contributed by atoms with Gasteiger partial charge in [0.1, 0.15) is 6.10 Å². The average Bonchev–Trinajstić information content (AvgIpc) is 2.48. The van der Waals surface area contributed by atoms with Crippen molar-refractivity contribution in [3.63, 3.8) is 0 Å². The zero-order valence-electron chi connectivity index (χ0n) is 11.6. The molecular formula is C15H24O3. The minimum absolute atomic E-state index is 0.196. The maximum Gasteiger partial charge on any atom is 0.302 e. The van der Waals surface area contributed by atoms with E-state index in [9.17, 15) is 9.90 Å². The van der Waals surface area contributed by atoms with E-state index in [0.29, 0.717) is 18.8 Å². The molecule has 18 heavy (non-hydrogen) atoms. The molecule has 0 aromatic rings. The second kappa shape index (κ2) is 4.69. The Morgan fingerprint density at radius 1 is 1.44 bits per heavy atom. The van der Waals surface area contributed by atoms with Crippen LogP contribution in [0.5, 0.6) is 0 Å². The molecule has 0 aromatic carbocycles. The fourth-order valence-electron chi connectivity index (χ4n) is 3.76. The van der Waals surface area contributed by atoms with Crippen molar-refractivity contribution in [2.75, 3.05) is 0 Å². The van der Waals surface area contributed by atoms with Crippen molar-refractivity contribution in [3.05, 3.63) is 12.2 Å². The molecule has 1 N–H and O–H groups in total. The van der Waals surface area contributed by atoms with Crippen LogP contribution in [0.15, 0.2) is 12.2 Å². The van der Waals surface area contributed by atoms with Crippen LogP contribution < -0.4 is 0 Å². The Morgan fingerprint density at radius 3 is 2.72 bits per heavy atom. The Bertz CT molecular complexity index is 359. The molecule has 0 unspecified atom stereocenters. The molecule has 0 amide bonds. The molecule has 2 aliphatic rings. The fourth-order valence-corrected chi connectivity index (χ4v) is 3.76. The molecule has 2 saturated carbocycles. The van der Waals surface area contributed by atoms with Gasteiger partial charge in [-0.1, -0.05) is 26.0 Å². The second-order valence-corrected chi connectivity index (χ2v) is 6.74. The Morgan fingerprint density at radius 2 is 2.11 bits per heavy atom. The number of aliphatic hydroxyl groups excluding tert-OH is 1. The molecule has 0 saturated heterocycles. The van der Waals surface area contributed by atoms with E-state index < -0.39 is 0 Å². The lowest BCUT2D eigenvalue weighted by Crippen LogP contribution is -2.26. The molecule has 0 radical (unpaired) electrons. The summed E-state index contributed by atoms with van der Waals surface area (Å²) in [5.74, 6) is 0.399. The number of fused-ring (bicyclic) bond motifs is 1. The van der Waals surface area contributed by atoms with Gasteiger partial charge in [-0.05, 0) is 30.1 Å². The van der Waals surface area contributed by atoms with E-state index >= 15 is 0 Å². The fraction of sp³-hybridized carbons (Fsp3) is 0.800. The van der Waals surface area contributed by atoms with Gasteiger partial charge in [0.05, 0.1) is 6.10 Å². The highest BCUT2D eigenvalue weighted by molar-refractivity contribution is 5.66. The van der Waals surface area contributed by atoms with Crippen LogP contribution in [0.3, 0.4) is 0 Å². The summed E-state index contributed by atoms with van der Waals surface area (Å²) < 4.78 is 5.27. The van der Waals surface area contributed by atoms with Gasteiger partial charge in [-0.25, -0.2) is 0 Å². The number of hydrogen-bond acceptors (Lipinski definition) is 3. The number of esters is 1. The monoisotopic (exact) mass is 252 g/mol. The van der Waals surface area contributed by atoms with Gasteiger partial charge >= 0.3 is 5.97 Å². The first-order valence-corrected chi connectivity index (χ1v) is 6.81. The van der Waals surface area contributed by atoms with Crippen LogP contribution >= 0.6 is 0 Å². The maximum absolute atomic E-state index is 11.1. The van der Waals surface area contributed by atoms with Crippen molar-refractivity contribution in [2.45, 2.75) is 58.7 Å². The van der Waals surface area contributed by atoms with Crippen molar-refractivity contribution in [2.24, 2.45) is 17.3 Å². The summed E-state index contributed by atoms with van der Waals surface area (Å²) in [7, 11) is 0. The average molecular weight is 252 g/mol. The lowest BCUT2D eigenvalue weighted by Gasteiger charge is -2.23. The van der Waals surface area contributed by atoms with Crippen LogP contribution in [-0.2, 0) is 9.53 Å². The lowest BCUT2D eigenvalue weighted by atomic mass is 9.87. The highest BCUT2D eigenvalue weighted by Gasteiger charge is 2.46. The first-order chi connectivity index (χ1) is 8.28. The van der Waals surface area contributed by atoms with Gasteiger partial charge in [0.2, 0.25) is 0 Å². The van der Waals surface area contributed by atoms with E-state index in [1.165, 1.54) is 6.92 Å². The van der Waals surface area contributed by atoms with Crippen LogP contribution in [0, 0.1) is 17.3 Å². The smallest absolute Gasteiger partial charge is 0.302 e. The third kappa shape index (κ3) is 2.77. The number of carbonyl (C=O) groups excluding carboxylic acids is 1. The zero-order chi connectivity index (χ0) is 13.5. The van der Waals surface area contributed by atoms with E-state index in [4.69, 9.17) is 4.74 Å². The SMILES string of the molecule is C=C1C[C@@H](OC(C)=O)C[C@H](O)[C@@H]2CC(C)(C)C[C@H]12. The van der Waals surface area contributed by atoms with E-state index in [1.54, 1.807) is 0 Å². The highest BCUT2D eigenvalue weighted by atomic mass is 16.5. The van der Waals surface area contributed by atoms with E-state index in [1.807, 2.05) is 0 Å². The predicted octanol–water partition coefficient (Wildman–Crippen LogP) is 2.68. The summed E-state index contributed by atoms with van der Waals surface area (Å²) in [6.07, 6.45) is 2.80. The zero-order valence-corrected chi connectivity index (χ0v) is 11.6. The molecule has 2 rings (SSSR count). The number of carbonyl (C=O) groups is 1. The van der Waals surface area contributed by atoms with Crippen LogP contribution in [0.4, 0.5) is 0 Å². The Balaban J connectivity index is 2.13. The van der Waals surface area contributed by atoms with Gasteiger partial charge < -0.3 is 9.84 Å². The summed E-state index contributed by atoms with van der Waals surface area (Å²) in [4.78, 5) is 11.1. The molecule has 2 fully saturated rings. The van der Waals surface area contributed by atoms with Crippen molar-refractivity contribution in [1.29, 1.82) is 0 Å². The molecule has 3 nitrogen and oxygen atoms in total. The third-order valence-electron chi connectivity index (χ3n) is 4.42. The van der Waals surface area contributed by atoms with Gasteiger partial charge in [-0.15, -0.1) is 0 Å². The lowest BCUT2D eigenvalue weighted by molar-refractivity contribution is -0.147. The van der Waals surface area contributed by atoms with E-state index in [0.717, 1.165) is 18.4 Å². The van der Waals surface area contributed by atoms with E-state index in [2.05, 4.69) is 20.4 Å². The quantitative estimate of drug-likeness (QED) is 0.576. The van der Waals surface area contributed by atoms with Crippen molar-refractivity contribution in [1.82, 2.24) is 0 Å². The highest BCUT2D eigenvalue weighted by Crippen LogP contribution is 2.52. The van der Waals surface area contributed by atoms with Gasteiger partial charge in [0.15, 0.2) is 0 Å². The van der Waals surface area contributed by atoms with Gasteiger partial charge in [-0.3, -0.25) is 4.79 Å². The van der Waals surface area contributed by atoms with Gasteiger partial charge in [-0.2, -0.15) is 0 Å². The molecule has 3 heteroatoms. The molecule has 102 valence electrons. The standard InChI is InChI=1S/C15H24O3/c1-9-5-11(18-10(2)16)6-14(17)13-8-15(3,4)7-12(9)13/h11-14,17H,1,5-8H2,2-4H3/t11-,12-,13-,14+/m1/s1. The first kappa shape index (κ1) is 13.6. The summed E-state index contributed by atoms with van der Waals surface area (Å²) in [5.41, 5.74) is 1.43. The third-order valence-corrected chi connectivity index (χ3v) is 4.42. The van der Waals surface area contributed by atoms with Crippen LogP contribution in [0.2, 0.25) is 0 Å².